The highest BCUT2D eigenvalue weighted by atomic mass is 32.2. The minimum absolute atomic E-state index is 0.0144. The van der Waals surface area contributed by atoms with E-state index in [0.717, 1.165) is 22.0 Å². The molecule has 0 bridgehead atoms. The van der Waals surface area contributed by atoms with E-state index in [4.69, 9.17) is 0 Å². The predicted molar refractivity (Wildman–Crippen MR) is 129 cm³/mol. The van der Waals surface area contributed by atoms with E-state index in [1.54, 1.807) is 22.9 Å². The molecule has 164 valence electrons. The van der Waals surface area contributed by atoms with Crippen LogP contribution in [0.15, 0.2) is 78.0 Å². The van der Waals surface area contributed by atoms with Crippen LogP contribution in [0.2, 0.25) is 0 Å². The molecule has 2 aromatic carbocycles. The molecule has 32 heavy (non-hydrogen) atoms. The normalized spacial score (nSPS) is 13.7. The van der Waals surface area contributed by atoms with Gasteiger partial charge in [0.05, 0.1) is 12.1 Å². The van der Waals surface area contributed by atoms with Crippen LogP contribution in [0.25, 0.3) is 0 Å². The largest absolute Gasteiger partial charge is 0.355 e. The second kappa shape index (κ2) is 10.3. The molecule has 1 aliphatic heterocycles. The Balaban J connectivity index is 1.29. The maximum atomic E-state index is 12.8. The molecule has 7 heteroatoms. The molecule has 3 aromatic rings. The lowest BCUT2D eigenvalue weighted by atomic mass is 10.0. The standard InChI is InChI=1S/C25H26N4O2S/c1-18(20-6-3-2-4-7-20)17-27-23(30)16-19-9-11-21(12-10-19)28-25(31)29-14-15-32-24-22(29)8-5-13-26-24/h2-13,18H,14-17H2,1H3,(H,27,30)(H,28,31). The number of hydrogen-bond donors (Lipinski definition) is 2. The van der Waals surface area contributed by atoms with Gasteiger partial charge in [0.1, 0.15) is 5.03 Å². The number of pyridine rings is 1. The summed E-state index contributed by atoms with van der Waals surface area (Å²) in [7, 11) is 0. The second-order valence-electron chi connectivity index (χ2n) is 7.75. The van der Waals surface area contributed by atoms with Crippen LogP contribution in [0.1, 0.15) is 24.0 Å². The van der Waals surface area contributed by atoms with Crippen molar-refractivity contribution >= 4 is 35.1 Å². The molecular formula is C25H26N4O2S. The van der Waals surface area contributed by atoms with Gasteiger partial charge in [-0.15, -0.1) is 11.8 Å². The Kier molecular flexibility index (Phi) is 7.07. The van der Waals surface area contributed by atoms with E-state index >= 15 is 0 Å². The molecule has 1 atom stereocenters. The van der Waals surface area contributed by atoms with E-state index in [9.17, 15) is 9.59 Å². The number of thioether (sulfide) groups is 1. The molecule has 1 aliphatic rings. The van der Waals surface area contributed by atoms with Crippen LogP contribution in [0.5, 0.6) is 0 Å². The number of aromatic nitrogens is 1. The fourth-order valence-electron chi connectivity index (χ4n) is 3.58. The van der Waals surface area contributed by atoms with Gasteiger partial charge in [0.25, 0.3) is 0 Å². The van der Waals surface area contributed by atoms with Crippen molar-refractivity contribution in [3.05, 3.63) is 84.1 Å². The monoisotopic (exact) mass is 446 g/mol. The smallest absolute Gasteiger partial charge is 0.326 e. The van der Waals surface area contributed by atoms with Gasteiger partial charge in [0.2, 0.25) is 5.91 Å². The zero-order chi connectivity index (χ0) is 22.3. The summed E-state index contributed by atoms with van der Waals surface area (Å²) in [6, 6.07) is 21.1. The van der Waals surface area contributed by atoms with E-state index in [2.05, 4.69) is 34.7 Å². The van der Waals surface area contributed by atoms with E-state index in [-0.39, 0.29) is 17.9 Å². The van der Waals surface area contributed by atoms with E-state index in [1.807, 2.05) is 54.6 Å². The molecule has 0 saturated heterocycles. The molecule has 0 aliphatic carbocycles. The van der Waals surface area contributed by atoms with Crippen molar-refractivity contribution in [2.75, 3.05) is 29.1 Å². The number of carbonyl (C=O) groups is 2. The van der Waals surface area contributed by atoms with Gasteiger partial charge in [-0.25, -0.2) is 9.78 Å². The lowest BCUT2D eigenvalue weighted by Gasteiger charge is -2.28. The summed E-state index contributed by atoms with van der Waals surface area (Å²) < 4.78 is 0. The molecule has 1 unspecified atom stereocenters. The van der Waals surface area contributed by atoms with Crippen molar-refractivity contribution in [2.24, 2.45) is 0 Å². The molecule has 0 radical (unpaired) electrons. The van der Waals surface area contributed by atoms with Gasteiger partial charge in [-0.1, -0.05) is 49.4 Å². The van der Waals surface area contributed by atoms with Crippen molar-refractivity contribution in [3.8, 4) is 0 Å². The van der Waals surface area contributed by atoms with Gasteiger partial charge in [0.15, 0.2) is 0 Å². The Hall–Kier alpha value is -3.32. The van der Waals surface area contributed by atoms with Crippen LogP contribution in [0.3, 0.4) is 0 Å². The molecule has 4 rings (SSSR count). The molecule has 6 nitrogen and oxygen atoms in total. The quantitative estimate of drug-likeness (QED) is 0.576. The fraction of sp³-hybridized carbons (Fsp3) is 0.240. The van der Waals surface area contributed by atoms with Gasteiger partial charge >= 0.3 is 6.03 Å². The highest BCUT2D eigenvalue weighted by Crippen LogP contribution is 2.32. The number of urea groups is 1. The van der Waals surface area contributed by atoms with Crippen molar-refractivity contribution < 1.29 is 9.59 Å². The minimum atomic E-state index is -0.181. The van der Waals surface area contributed by atoms with Gasteiger partial charge in [-0.05, 0) is 41.3 Å². The molecule has 0 fully saturated rings. The Morgan fingerprint density at radius 3 is 2.62 bits per heavy atom. The first-order valence-corrected chi connectivity index (χ1v) is 11.7. The predicted octanol–water partition coefficient (Wildman–Crippen LogP) is 4.69. The second-order valence-corrected chi connectivity index (χ2v) is 8.83. The van der Waals surface area contributed by atoms with E-state index in [0.29, 0.717) is 25.2 Å². The fourth-order valence-corrected chi connectivity index (χ4v) is 4.50. The molecule has 0 spiro atoms. The van der Waals surface area contributed by atoms with Crippen molar-refractivity contribution in [1.29, 1.82) is 0 Å². The van der Waals surface area contributed by atoms with Crippen LogP contribution in [0.4, 0.5) is 16.2 Å². The summed E-state index contributed by atoms with van der Waals surface area (Å²) in [5.41, 5.74) is 3.63. The average molecular weight is 447 g/mol. The van der Waals surface area contributed by atoms with Crippen molar-refractivity contribution in [2.45, 2.75) is 24.3 Å². The number of benzene rings is 2. The summed E-state index contributed by atoms with van der Waals surface area (Å²) in [6.07, 6.45) is 2.04. The van der Waals surface area contributed by atoms with Gasteiger partial charge in [0, 0.05) is 30.7 Å². The Morgan fingerprint density at radius 2 is 1.84 bits per heavy atom. The van der Waals surface area contributed by atoms with Crippen LogP contribution in [-0.2, 0) is 11.2 Å². The Labute approximate surface area is 192 Å². The first-order valence-electron chi connectivity index (χ1n) is 10.7. The number of carbonyl (C=O) groups excluding carboxylic acids is 2. The summed E-state index contributed by atoms with van der Waals surface area (Å²) in [5.74, 6) is 1.06. The maximum Gasteiger partial charge on any atom is 0.326 e. The minimum Gasteiger partial charge on any atom is -0.355 e. The van der Waals surface area contributed by atoms with Gasteiger partial charge in [-0.3, -0.25) is 9.69 Å². The van der Waals surface area contributed by atoms with Crippen molar-refractivity contribution in [3.63, 3.8) is 0 Å². The van der Waals surface area contributed by atoms with Crippen molar-refractivity contribution in [1.82, 2.24) is 10.3 Å². The number of fused-ring (bicyclic) bond motifs is 1. The number of anilines is 2. The zero-order valence-electron chi connectivity index (χ0n) is 18.0. The lowest BCUT2D eigenvalue weighted by Crippen LogP contribution is -2.38. The van der Waals surface area contributed by atoms with Gasteiger partial charge in [-0.2, -0.15) is 0 Å². The van der Waals surface area contributed by atoms with Crippen LogP contribution >= 0.6 is 11.8 Å². The third kappa shape index (κ3) is 5.48. The summed E-state index contributed by atoms with van der Waals surface area (Å²) >= 11 is 1.66. The SMILES string of the molecule is CC(CNC(=O)Cc1ccc(NC(=O)N2CCSc3ncccc32)cc1)c1ccccc1. The van der Waals surface area contributed by atoms with Crippen LogP contribution in [0, 0.1) is 0 Å². The highest BCUT2D eigenvalue weighted by molar-refractivity contribution is 7.99. The molecule has 2 N–H and O–H groups in total. The third-order valence-electron chi connectivity index (χ3n) is 5.38. The molecular weight excluding hydrogens is 420 g/mol. The zero-order valence-corrected chi connectivity index (χ0v) is 18.8. The molecule has 2 heterocycles. The van der Waals surface area contributed by atoms with E-state index in [1.165, 1.54) is 5.56 Å². The summed E-state index contributed by atoms with van der Waals surface area (Å²) in [4.78, 5) is 31.2. The number of rotatable bonds is 6. The third-order valence-corrected chi connectivity index (χ3v) is 6.36. The lowest BCUT2D eigenvalue weighted by molar-refractivity contribution is -0.120. The molecule has 3 amide bonds. The molecule has 1 aromatic heterocycles. The van der Waals surface area contributed by atoms with Crippen LogP contribution in [-0.4, -0.2) is 35.8 Å². The highest BCUT2D eigenvalue weighted by Gasteiger charge is 2.23. The Bertz CT molecular complexity index is 1070. The average Bonchev–Trinajstić information content (AvgIpc) is 2.84. The summed E-state index contributed by atoms with van der Waals surface area (Å²) in [6.45, 7) is 3.33. The first kappa shape index (κ1) is 21.9. The number of nitrogens with one attached hydrogen (secondary N) is 2. The number of nitrogens with zero attached hydrogens (tertiary/aromatic N) is 2. The maximum absolute atomic E-state index is 12.8. The Morgan fingerprint density at radius 1 is 1.06 bits per heavy atom. The summed E-state index contributed by atoms with van der Waals surface area (Å²) in [5, 5.41) is 6.82. The van der Waals surface area contributed by atoms with Gasteiger partial charge < -0.3 is 10.6 Å². The van der Waals surface area contributed by atoms with Crippen LogP contribution < -0.4 is 15.5 Å². The number of hydrogen-bond acceptors (Lipinski definition) is 4. The number of amides is 3. The van der Waals surface area contributed by atoms with E-state index < -0.39 is 0 Å². The first-order chi connectivity index (χ1) is 15.6. The molecule has 0 saturated carbocycles. The topological polar surface area (TPSA) is 74.3 Å².